The third-order valence-electron chi connectivity index (χ3n) is 3.13. The van der Waals surface area contributed by atoms with Crippen LogP contribution in [0.15, 0.2) is 36.4 Å². The highest BCUT2D eigenvalue weighted by Crippen LogP contribution is 2.22. The maximum Gasteiger partial charge on any atom is 0.261 e. The van der Waals surface area contributed by atoms with Gasteiger partial charge in [-0.3, -0.25) is 14.5 Å². The molecule has 106 valence electrons. The Morgan fingerprint density at radius 1 is 1.15 bits per heavy atom. The summed E-state index contributed by atoms with van der Waals surface area (Å²) in [6.45, 7) is 11.0. The van der Waals surface area contributed by atoms with Gasteiger partial charge in [-0.05, 0) is 38.5 Å². The molecular weight excluding hydrogens is 252 g/mol. The molecule has 0 aliphatic carbocycles. The Labute approximate surface area is 119 Å². The average Bonchev–Trinajstić information content (AvgIpc) is 2.62. The number of nitrogens with zero attached hydrogens (tertiary/aromatic N) is 1. The van der Waals surface area contributed by atoms with Crippen molar-refractivity contribution < 1.29 is 9.59 Å². The standard InChI is InChI=1S/C16H20N2O2/c1-11(9-17-16(2,3)4)10-18-14(19)12-7-5-6-8-13(12)15(18)20/h5-8,17H,1,9-10H2,2-4H3. The zero-order valence-electron chi connectivity index (χ0n) is 12.2. The molecule has 0 radical (unpaired) electrons. The molecule has 0 fully saturated rings. The van der Waals surface area contributed by atoms with Crippen molar-refractivity contribution in [1.82, 2.24) is 10.2 Å². The van der Waals surface area contributed by atoms with Gasteiger partial charge < -0.3 is 5.32 Å². The number of imide groups is 1. The van der Waals surface area contributed by atoms with Crippen molar-refractivity contribution in [2.75, 3.05) is 13.1 Å². The Morgan fingerprint density at radius 3 is 2.10 bits per heavy atom. The molecule has 1 aliphatic rings. The molecule has 1 aromatic carbocycles. The first-order chi connectivity index (χ1) is 9.29. The number of carbonyl (C=O) groups excluding carboxylic acids is 2. The molecule has 0 atom stereocenters. The smallest absolute Gasteiger partial charge is 0.261 e. The molecule has 1 heterocycles. The van der Waals surface area contributed by atoms with Crippen LogP contribution in [0.25, 0.3) is 0 Å². The Balaban J connectivity index is 2.04. The van der Waals surface area contributed by atoms with Gasteiger partial charge in [0.1, 0.15) is 0 Å². The number of fused-ring (bicyclic) bond motifs is 1. The summed E-state index contributed by atoms with van der Waals surface area (Å²) >= 11 is 0. The molecule has 1 N–H and O–H groups in total. The van der Waals surface area contributed by atoms with E-state index in [1.54, 1.807) is 24.3 Å². The monoisotopic (exact) mass is 272 g/mol. The third kappa shape index (κ3) is 2.96. The lowest BCUT2D eigenvalue weighted by atomic mass is 10.1. The summed E-state index contributed by atoms with van der Waals surface area (Å²) in [7, 11) is 0. The lowest BCUT2D eigenvalue weighted by molar-refractivity contribution is 0.0667. The SMILES string of the molecule is C=C(CNC(C)(C)C)CN1C(=O)c2ccccc2C1=O. The zero-order chi connectivity index (χ0) is 14.9. The van der Waals surface area contributed by atoms with Gasteiger partial charge in [-0.25, -0.2) is 0 Å². The molecule has 0 saturated heterocycles. The lowest BCUT2D eigenvalue weighted by Gasteiger charge is -2.23. The number of amides is 2. The number of hydrogen-bond acceptors (Lipinski definition) is 3. The second-order valence-corrected chi connectivity index (χ2v) is 6.10. The van der Waals surface area contributed by atoms with E-state index < -0.39 is 0 Å². The number of nitrogens with one attached hydrogen (secondary N) is 1. The minimum absolute atomic E-state index is 0.0229. The van der Waals surface area contributed by atoms with Crippen LogP contribution < -0.4 is 5.32 Å². The maximum atomic E-state index is 12.2. The summed E-state index contributed by atoms with van der Waals surface area (Å²) in [6.07, 6.45) is 0. The van der Waals surface area contributed by atoms with E-state index in [0.29, 0.717) is 17.7 Å². The molecule has 0 aromatic heterocycles. The van der Waals surface area contributed by atoms with E-state index in [-0.39, 0.29) is 23.9 Å². The van der Waals surface area contributed by atoms with Crippen molar-refractivity contribution in [1.29, 1.82) is 0 Å². The molecular formula is C16H20N2O2. The van der Waals surface area contributed by atoms with Gasteiger partial charge in [0.25, 0.3) is 11.8 Å². The van der Waals surface area contributed by atoms with Crippen LogP contribution >= 0.6 is 0 Å². The molecule has 20 heavy (non-hydrogen) atoms. The van der Waals surface area contributed by atoms with Crippen LogP contribution in [0.4, 0.5) is 0 Å². The normalized spacial score (nSPS) is 14.7. The molecule has 0 spiro atoms. The average molecular weight is 272 g/mol. The van der Waals surface area contributed by atoms with E-state index in [2.05, 4.69) is 32.7 Å². The topological polar surface area (TPSA) is 49.4 Å². The van der Waals surface area contributed by atoms with Gasteiger partial charge >= 0.3 is 0 Å². The van der Waals surface area contributed by atoms with Crippen molar-refractivity contribution in [2.45, 2.75) is 26.3 Å². The van der Waals surface area contributed by atoms with Crippen LogP contribution in [0.3, 0.4) is 0 Å². The van der Waals surface area contributed by atoms with E-state index in [1.165, 1.54) is 4.90 Å². The predicted molar refractivity (Wildman–Crippen MR) is 78.7 cm³/mol. The molecule has 4 heteroatoms. The van der Waals surface area contributed by atoms with Gasteiger partial charge in [0.05, 0.1) is 17.7 Å². The third-order valence-corrected chi connectivity index (χ3v) is 3.13. The summed E-state index contributed by atoms with van der Waals surface area (Å²) in [5.41, 5.74) is 1.75. The largest absolute Gasteiger partial charge is 0.308 e. The van der Waals surface area contributed by atoms with Crippen LogP contribution in [0.5, 0.6) is 0 Å². The highest BCUT2D eigenvalue weighted by molar-refractivity contribution is 6.21. The molecule has 0 unspecified atom stereocenters. The molecule has 4 nitrogen and oxygen atoms in total. The fourth-order valence-corrected chi connectivity index (χ4v) is 2.05. The Hall–Kier alpha value is -1.94. The molecule has 2 rings (SSSR count). The van der Waals surface area contributed by atoms with Crippen molar-refractivity contribution >= 4 is 11.8 Å². The minimum Gasteiger partial charge on any atom is -0.308 e. The second kappa shape index (κ2) is 5.21. The minimum atomic E-state index is -0.234. The number of rotatable bonds is 4. The van der Waals surface area contributed by atoms with Gasteiger partial charge in [-0.2, -0.15) is 0 Å². The van der Waals surface area contributed by atoms with Crippen LogP contribution in [0.2, 0.25) is 0 Å². The predicted octanol–water partition coefficient (Wildman–Crippen LogP) is 2.23. The van der Waals surface area contributed by atoms with Gasteiger partial charge in [-0.1, -0.05) is 18.7 Å². The number of benzene rings is 1. The van der Waals surface area contributed by atoms with Crippen molar-refractivity contribution in [3.63, 3.8) is 0 Å². The van der Waals surface area contributed by atoms with Crippen LogP contribution in [0.1, 0.15) is 41.5 Å². The summed E-state index contributed by atoms with van der Waals surface area (Å²) in [5, 5.41) is 3.30. The molecule has 2 amide bonds. The fraction of sp³-hybridized carbons (Fsp3) is 0.375. The Bertz CT molecular complexity index is 535. The molecule has 1 aliphatic heterocycles. The van der Waals surface area contributed by atoms with E-state index in [4.69, 9.17) is 0 Å². The summed E-state index contributed by atoms with van der Waals surface area (Å²) in [5.74, 6) is -0.468. The van der Waals surface area contributed by atoms with Crippen LogP contribution in [-0.2, 0) is 0 Å². The molecule has 0 saturated carbocycles. The van der Waals surface area contributed by atoms with Gasteiger partial charge in [-0.15, -0.1) is 0 Å². The first kappa shape index (κ1) is 14.5. The Kier molecular flexibility index (Phi) is 3.77. The highest BCUT2D eigenvalue weighted by atomic mass is 16.2. The van der Waals surface area contributed by atoms with Crippen molar-refractivity contribution in [3.8, 4) is 0 Å². The first-order valence-electron chi connectivity index (χ1n) is 6.66. The van der Waals surface area contributed by atoms with Crippen molar-refractivity contribution in [2.24, 2.45) is 0 Å². The van der Waals surface area contributed by atoms with Gasteiger partial charge in [0.15, 0.2) is 0 Å². The second-order valence-electron chi connectivity index (χ2n) is 6.10. The number of carbonyl (C=O) groups is 2. The van der Waals surface area contributed by atoms with E-state index in [0.717, 1.165) is 5.57 Å². The molecule has 1 aromatic rings. The summed E-state index contributed by atoms with van der Waals surface area (Å²) in [6, 6.07) is 6.91. The fourth-order valence-electron chi connectivity index (χ4n) is 2.05. The van der Waals surface area contributed by atoms with E-state index >= 15 is 0 Å². The van der Waals surface area contributed by atoms with Gasteiger partial charge in [0.2, 0.25) is 0 Å². The lowest BCUT2D eigenvalue weighted by Crippen LogP contribution is -2.39. The van der Waals surface area contributed by atoms with Crippen molar-refractivity contribution in [3.05, 3.63) is 47.5 Å². The van der Waals surface area contributed by atoms with Crippen LogP contribution in [0, 0.1) is 0 Å². The highest BCUT2D eigenvalue weighted by Gasteiger charge is 2.35. The van der Waals surface area contributed by atoms with E-state index in [9.17, 15) is 9.59 Å². The van der Waals surface area contributed by atoms with Crippen LogP contribution in [-0.4, -0.2) is 35.3 Å². The summed E-state index contributed by atoms with van der Waals surface area (Å²) in [4.78, 5) is 25.6. The summed E-state index contributed by atoms with van der Waals surface area (Å²) < 4.78 is 0. The number of hydrogen-bond donors (Lipinski definition) is 1. The maximum absolute atomic E-state index is 12.2. The quantitative estimate of drug-likeness (QED) is 0.675. The van der Waals surface area contributed by atoms with Gasteiger partial charge in [0, 0.05) is 12.1 Å². The molecule has 0 bridgehead atoms. The Morgan fingerprint density at radius 2 is 1.65 bits per heavy atom. The zero-order valence-corrected chi connectivity index (χ0v) is 12.2. The van der Waals surface area contributed by atoms with E-state index in [1.807, 2.05) is 0 Å². The first-order valence-corrected chi connectivity index (χ1v) is 6.66.